The Morgan fingerprint density at radius 3 is 2.47 bits per heavy atom. The molecule has 1 N–H and O–H groups in total. The summed E-state index contributed by atoms with van der Waals surface area (Å²) in [6.07, 6.45) is 6.75. The molecular formula is C13H19N3O. The molecule has 4 heteroatoms. The van der Waals surface area contributed by atoms with E-state index in [2.05, 4.69) is 15.2 Å². The van der Waals surface area contributed by atoms with Crippen molar-refractivity contribution in [1.82, 2.24) is 10.3 Å². The van der Waals surface area contributed by atoms with Gasteiger partial charge >= 0.3 is 0 Å². The predicted molar refractivity (Wildman–Crippen MR) is 68.3 cm³/mol. The highest BCUT2D eigenvalue weighted by Crippen LogP contribution is 2.17. The minimum Gasteiger partial charge on any atom is -0.357 e. The number of nitrogens with one attached hydrogen (secondary N) is 1. The number of nitrogens with zero attached hydrogens (tertiary/aromatic N) is 2. The number of anilines is 1. The van der Waals surface area contributed by atoms with Gasteiger partial charge in [0.1, 0.15) is 5.82 Å². The van der Waals surface area contributed by atoms with Crippen molar-refractivity contribution >= 4 is 11.7 Å². The minimum absolute atomic E-state index is 0.0834. The fraction of sp³-hybridized carbons (Fsp3) is 0.538. The molecule has 1 fully saturated rings. The maximum Gasteiger partial charge on any atom is 0.252 e. The van der Waals surface area contributed by atoms with Crippen LogP contribution >= 0.6 is 0 Å². The lowest BCUT2D eigenvalue weighted by Gasteiger charge is -2.21. The Balaban J connectivity index is 2.08. The van der Waals surface area contributed by atoms with Crippen molar-refractivity contribution in [2.45, 2.75) is 25.7 Å². The third kappa shape index (κ3) is 2.96. The molecule has 0 atom stereocenters. The van der Waals surface area contributed by atoms with Crippen molar-refractivity contribution in [2.75, 3.05) is 25.0 Å². The van der Waals surface area contributed by atoms with Crippen LogP contribution < -0.4 is 10.2 Å². The molecule has 0 radical (unpaired) electrons. The van der Waals surface area contributed by atoms with E-state index in [1.54, 1.807) is 13.2 Å². The van der Waals surface area contributed by atoms with Crippen molar-refractivity contribution in [3.05, 3.63) is 23.9 Å². The van der Waals surface area contributed by atoms with Crippen molar-refractivity contribution in [1.29, 1.82) is 0 Å². The molecule has 4 nitrogen and oxygen atoms in total. The maximum atomic E-state index is 11.4. The lowest BCUT2D eigenvalue weighted by atomic mass is 10.2. The van der Waals surface area contributed by atoms with Gasteiger partial charge in [-0.3, -0.25) is 4.79 Å². The molecule has 2 heterocycles. The molecule has 1 saturated heterocycles. The van der Waals surface area contributed by atoms with E-state index in [-0.39, 0.29) is 5.91 Å². The molecule has 0 aromatic carbocycles. The molecule has 0 spiro atoms. The van der Waals surface area contributed by atoms with E-state index < -0.39 is 0 Å². The van der Waals surface area contributed by atoms with E-state index in [4.69, 9.17) is 0 Å². The van der Waals surface area contributed by atoms with Gasteiger partial charge < -0.3 is 10.2 Å². The highest BCUT2D eigenvalue weighted by atomic mass is 16.1. The fourth-order valence-corrected chi connectivity index (χ4v) is 2.15. The molecule has 1 amide bonds. The summed E-state index contributed by atoms with van der Waals surface area (Å²) < 4.78 is 0. The van der Waals surface area contributed by atoms with E-state index >= 15 is 0 Å². The van der Waals surface area contributed by atoms with Crippen molar-refractivity contribution < 1.29 is 4.79 Å². The summed E-state index contributed by atoms with van der Waals surface area (Å²) in [5.74, 6) is 0.902. The normalized spacial score (nSPS) is 16.4. The second kappa shape index (κ2) is 5.66. The van der Waals surface area contributed by atoms with Gasteiger partial charge in [-0.1, -0.05) is 12.8 Å². The quantitative estimate of drug-likeness (QED) is 0.847. The number of hydrogen-bond donors (Lipinski definition) is 1. The molecule has 1 aliphatic heterocycles. The zero-order valence-corrected chi connectivity index (χ0v) is 10.3. The summed E-state index contributed by atoms with van der Waals surface area (Å²) in [5, 5.41) is 2.60. The highest BCUT2D eigenvalue weighted by molar-refractivity contribution is 5.93. The molecule has 1 aromatic rings. The lowest BCUT2D eigenvalue weighted by molar-refractivity contribution is 0.0963. The van der Waals surface area contributed by atoms with Crippen LogP contribution in [-0.2, 0) is 0 Å². The predicted octanol–water partition coefficient (Wildman–Crippen LogP) is 1.82. The first-order valence-electron chi connectivity index (χ1n) is 6.24. The van der Waals surface area contributed by atoms with Gasteiger partial charge in [-0.2, -0.15) is 0 Å². The summed E-state index contributed by atoms with van der Waals surface area (Å²) in [4.78, 5) is 18.1. The Morgan fingerprint density at radius 2 is 1.94 bits per heavy atom. The number of aromatic nitrogens is 1. The number of hydrogen-bond acceptors (Lipinski definition) is 3. The zero-order valence-electron chi connectivity index (χ0n) is 10.3. The van der Waals surface area contributed by atoms with Crippen LogP contribution in [0.15, 0.2) is 18.3 Å². The summed E-state index contributed by atoms with van der Waals surface area (Å²) in [5.41, 5.74) is 0.617. The number of rotatable bonds is 2. The van der Waals surface area contributed by atoms with Gasteiger partial charge in [-0.25, -0.2) is 4.98 Å². The van der Waals surface area contributed by atoms with Gasteiger partial charge in [0.2, 0.25) is 0 Å². The summed E-state index contributed by atoms with van der Waals surface area (Å²) >= 11 is 0. The van der Waals surface area contributed by atoms with E-state index in [1.165, 1.54) is 25.7 Å². The highest BCUT2D eigenvalue weighted by Gasteiger charge is 2.11. The fourth-order valence-electron chi connectivity index (χ4n) is 2.15. The Morgan fingerprint density at radius 1 is 1.24 bits per heavy atom. The summed E-state index contributed by atoms with van der Waals surface area (Å²) in [6.45, 7) is 2.15. The number of carbonyl (C=O) groups is 1. The van der Waals surface area contributed by atoms with Crippen LogP contribution in [0.3, 0.4) is 0 Å². The summed E-state index contributed by atoms with van der Waals surface area (Å²) in [6, 6.07) is 3.78. The van der Waals surface area contributed by atoms with Crippen LogP contribution in [0.5, 0.6) is 0 Å². The van der Waals surface area contributed by atoms with Crippen LogP contribution in [0.4, 0.5) is 5.82 Å². The van der Waals surface area contributed by atoms with Gasteiger partial charge in [-0.05, 0) is 25.0 Å². The van der Waals surface area contributed by atoms with Gasteiger partial charge in [0.05, 0.1) is 5.56 Å². The Kier molecular flexibility index (Phi) is 3.96. The Labute approximate surface area is 102 Å². The maximum absolute atomic E-state index is 11.4. The second-order valence-electron chi connectivity index (χ2n) is 4.39. The largest absolute Gasteiger partial charge is 0.357 e. The van der Waals surface area contributed by atoms with Gasteiger partial charge in [-0.15, -0.1) is 0 Å². The summed E-state index contributed by atoms with van der Waals surface area (Å²) in [7, 11) is 1.63. The van der Waals surface area contributed by atoms with Gasteiger partial charge in [0.25, 0.3) is 5.91 Å². The SMILES string of the molecule is CNC(=O)c1ccc(N2CCCCCC2)nc1. The van der Waals surface area contributed by atoms with E-state index in [0.717, 1.165) is 18.9 Å². The Hall–Kier alpha value is -1.58. The molecular weight excluding hydrogens is 214 g/mol. The molecule has 1 aliphatic rings. The van der Waals surface area contributed by atoms with Crippen LogP contribution in [0, 0.1) is 0 Å². The molecule has 1 aromatic heterocycles. The van der Waals surface area contributed by atoms with Crippen molar-refractivity contribution in [2.24, 2.45) is 0 Å². The van der Waals surface area contributed by atoms with E-state index in [9.17, 15) is 4.79 Å². The average molecular weight is 233 g/mol. The number of pyridine rings is 1. The smallest absolute Gasteiger partial charge is 0.252 e. The molecule has 0 bridgehead atoms. The topological polar surface area (TPSA) is 45.2 Å². The third-order valence-corrected chi connectivity index (χ3v) is 3.17. The van der Waals surface area contributed by atoms with E-state index in [1.807, 2.05) is 12.1 Å². The van der Waals surface area contributed by atoms with Crippen LogP contribution in [0.2, 0.25) is 0 Å². The molecule has 17 heavy (non-hydrogen) atoms. The zero-order chi connectivity index (χ0) is 12.1. The van der Waals surface area contributed by atoms with Crippen molar-refractivity contribution in [3.63, 3.8) is 0 Å². The van der Waals surface area contributed by atoms with Crippen LogP contribution in [0.1, 0.15) is 36.0 Å². The third-order valence-electron chi connectivity index (χ3n) is 3.17. The van der Waals surface area contributed by atoms with Crippen molar-refractivity contribution in [3.8, 4) is 0 Å². The molecule has 2 rings (SSSR count). The van der Waals surface area contributed by atoms with Crippen LogP contribution in [-0.4, -0.2) is 31.0 Å². The monoisotopic (exact) mass is 233 g/mol. The molecule has 0 saturated carbocycles. The van der Waals surface area contributed by atoms with Gasteiger partial charge in [0.15, 0.2) is 0 Å². The molecule has 0 unspecified atom stereocenters. The average Bonchev–Trinajstić information content (AvgIpc) is 2.67. The number of carbonyl (C=O) groups excluding carboxylic acids is 1. The van der Waals surface area contributed by atoms with Gasteiger partial charge in [0, 0.05) is 26.3 Å². The first kappa shape index (κ1) is 11.9. The standard InChI is InChI=1S/C13H19N3O/c1-14-13(17)11-6-7-12(15-10-11)16-8-4-2-3-5-9-16/h6-7,10H,2-5,8-9H2,1H3,(H,14,17). The Bertz CT molecular complexity index is 367. The van der Waals surface area contributed by atoms with E-state index in [0.29, 0.717) is 5.56 Å². The first-order valence-corrected chi connectivity index (χ1v) is 6.24. The second-order valence-corrected chi connectivity index (χ2v) is 4.39. The first-order chi connectivity index (χ1) is 8.31. The lowest BCUT2D eigenvalue weighted by Crippen LogP contribution is -2.25. The molecule has 0 aliphatic carbocycles. The molecule has 92 valence electrons. The van der Waals surface area contributed by atoms with Crippen LogP contribution in [0.25, 0.3) is 0 Å². The minimum atomic E-state index is -0.0834. The number of amides is 1.